The van der Waals surface area contributed by atoms with Crippen LogP contribution in [0.3, 0.4) is 0 Å². The highest BCUT2D eigenvalue weighted by Crippen LogP contribution is 2.53. The summed E-state index contributed by atoms with van der Waals surface area (Å²) in [5, 5.41) is 20.0. The molecule has 0 N–H and O–H groups in total. The molecule has 0 unspecified atom stereocenters. The molecule has 2 heterocycles. The molecule has 27 heavy (non-hydrogen) atoms. The third-order valence-electron chi connectivity index (χ3n) is 6.17. The van der Waals surface area contributed by atoms with Crippen molar-refractivity contribution in [2.45, 2.75) is 63.5 Å². The van der Waals surface area contributed by atoms with E-state index < -0.39 is 5.54 Å². The highest BCUT2D eigenvalue weighted by molar-refractivity contribution is 5.66. The number of unbranched alkanes of at least 4 members (excludes halogenated alkanes) is 5. The van der Waals surface area contributed by atoms with E-state index in [0.717, 1.165) is 36.7 Å². The first-order valence-corrected chi connectivity index (χ1v) is 10.1. The maximum Gasteiger partial charge on any atom is 0.218 e. The van der Waals surface area contributed by atoms with E-state index in [1.165, 1.54) is 25.7 Å². The molecule has 0 aliphatic carbocycles. The molecule has 0 radical (unpaired) electrons. The zero-order chi connectivity index (χ0) is 19.3. The number of hydrogen-bond donors (Lipinski definition) is 0. The van der Waals surface area contributed by atoms with Crippen molar-refractivity contribution in [3.8, 4) is 12.1 Å². The minimum Gasteiger partial charge on any atom is -0.340 e. The van der Waals surface area contributed by atoms with Gasteiger partial charge in [-0.25, -0.2) is 0 Å². The van der Waals surface area contributed by atoms with E-state index in [4.69, 9.17) is 0 Å². The Morgan fingerprint density at radius 2 is 1.81 bits per heavy atom. The van der Waals surface area contributed by atoms with Crippen molar-refractivity contribution in [1.82, 2.24) is 4.90 Å². The van der Waals surface area contributed by atoms with Crippen LogP contribution < -0.4 is 0 Å². The molecule has 1 aromatic rings. The Kier molecular flexibility index (Phi) is 5.97. The molecular weight excluding hydrogens is 334 g/mol. The van der Waals surface area contributed by atoms with Crippen LogP contribution in [0.1, 0.15) is 69.0 Å². The van der Waals surface area contributed by atoms with Crippen molar-refractivity contribution in [1.29, 1.82) is 10.5 Å². The van der Waals surface area contributed by atoms with Gasteiger partial charge in [-0.3, -0.25) is 0 Å². The van der Waals surface area contributed by atoms with E-state index in [-0.39, 0.29) is 17.9 Å². The monoisotopic (exact) mass is 361 g/mol. The van der Waals surface area contributed by atoms with Gasteiger partial charge < -0.3 is 9.69 Å². The molecule has 0 spiro atoms. The van der Waals surface area contributed by atoms with Gasteiger partial charge in [-0.05, 0) is 23.6 Å². The van der Waals surface area contributed by atoms with Crippen LogP contribution in [0.25, 0.3) is 6.08 Å². The number of carbonyl (C=O) groups is 1. The van der Waals surface area contributed by atoms with Gasteiger partial charge in [-0.1, -0.05) is 69.7 Å². The van der Waals surface area contributed by atoms with Gasteiger partial charge >= 0.3 is 0 Å². The zero-order valence-corrected chi connectivity index (χ0v) is 16.0. The second-order valence-corrected chi connectivity index (χ2v) is 7.66. The largest absolute Gasteiger partial charge is 0.340 e. The van der Waals surface area contributed by atoms with E-state index >= 15 is 0 Å². The number of fused-ring (bicyclic) bond motifs is 3. The molecule has 0 amide bonds. The number of benzene rings is 1. The molecule has 3 atom stereocenters. The summed E-state index contributed by atoms with van der Waals surface area (Å²) in [7, 11) is 0. The van der Waals surface area contributed by atoms with Crippen molar-refractivity contribution in [3.05, 3.63) is 41.6 Å². The average molecular weight is 361 g/mol. The summed E-state index contributed by atoms with van der Waals surface area (Å²) in [5.41, 5.74) is 0.831. The van der Waals surface area contributed by atoms with Crippen LogP contribution in [0.2, 0.25) is 0 Å². The summed E-state index contributed by atoms with van der Waals surface area (Å²) in [5.74, 6) is -0.608. The summed E-state index contributed by atoms with van der Waals surface area (Å²) in [6, 6.07) is 12.3. The van der Waals surface area contributed by atoms with Crippen molar-refractivity contribution >= 4 is 12.4 Å². The molecule has 0 bridgehead atoms. The molecule has 4 heteroatoms. The quantitative estimate of drug-likeness (QED) is 0.483. The van der Waals surface area contributed by atoms with Gasteiger partial charge in [0.05, 0.1) is 6.04 Å². The van der Waals surface area contributed by atoms with Gasteiger partial charge in [-0.15, -0.1) is 0 Å². The molecule has 1 aromatic carbocycles. The number of hydrogen-bond acceptors (Lipinski definition) is 4. The Morgan fingerprint density at radius 1 is 1.11 bits per heavy atom. The predicted molar refractivity (Wildman–Crippen MR) is 105 cm³/mol. The van der Waals surface area contributed by atoms with Gasteiger partial charge in [0.2, 0.25) is 5.54 Å². The molecule has 140 valence electrons. The Bertz CT molecular complexity index is 772. The van der Waals surface area contributed by atoms with Crippen LogP contribution in [0, 0.1) is 34.5 Å². The lowest BCUT2D eigenvalue weighted by molar-refractivity contribution is -0.112. The fourth-order valence-corrected chi connectivity index (χ4v) is 4.78. The van der Waals surface area contributed by atoms with Crippen LogP contribution in [-0.2, 0) is 4.79 Å². The second-order valence-electron chi connectivity index (χ2n) is 7.66. The lowest BCUT2D eigenvalue weighted by Crippen LogP contribution is -2.44. The topological polar surface area (TPSA) is 67.9 Å². The summed E-state index contributed by atoms with van der Waals surface area (Å²) in [6.07, 6.45) is 12.4. The van der Waals surface area contributed by atoms with Crippen LogP contribution in [0.4, 0.5) is 0 Å². The zero-order valence-electron chi connectivity index (χ0n) is 16.0. The fourth-order valence-electron chi connectivity index (χ4n) is 4.78. The first-order chi connectivity index (χ1) is 13.2. The molecule has 4 nitrogen and oxygen atoms in total. The van der Waals surface area contributed by atoms with Crippen LogP contribution in [-0.4, -0.2) is 16.7 Å². The van der Waals surface area contributed by atoms with Gasteiger partial charge in [0, 0.05) is 18.0 Å². The van der Waals surface area contributed by atoms with Gasteiger partial charge in [0.15, 0.2) is 0 Å². The molecule has 0 aromatic heterocycles. The Balaban J connectivity index is 1.87. The molecule has 1 saturated heterocycles. The van der Waals surface area contributed by atoms with E-state index in [2.05, 4.69) is 19.1 Å². The number of carbonyl (C=O) groups excluding carboxylic acids is 1. The maximum atomic E-state index is 12.1. The molecule has 0 saturated carbocycles. The van der Waals surface area contributed by atoms with E-state index in [1.54, 1.807) is 0 Å². The number of nitriles is 2. The lowest BCUT2D eigenvalue weighted by Gasteiger charge is -2.35. The van der Waals surface area contributed by atoms with Crippen LogP contribution in [0.5, 0.6) is 0 Å². The standard InChI is InChI=1S/C23H27N3O/c1-2-3-4-5-6-7-12-21-20(15-27)22-19-11-9-8-10-18(19)13-14-26(22)23(21,16-24)17-25/h8-11,13-15,20-22H,2-7,12H2,1H3/t20-,21-,22+/m1/s1. The molecule has 2 aliphatic heterocycles. The van der Waals surface area contributed by atoms with Crippen molar-refractivity contribution in [2.75, 3.05) is 0 Å². The molecular formula is C23H27N3O. The van der Waals surface area contributed by atoms with E-state index in [0.29, 0.717) is 0 Å². The van der Waals surface area contributed by atoms with Crippen molar-refractivity contribution in [3.63, 3.8) is 0 Å². The van der Waals surface area contributed by atoms with E-state index in [9.17, 15) is 15.3 Å². The van der Waals surface area contributed by atoms with Crippen molar-refractivity contribution < 1.29 is 4.79 Å². The third kappa shape index (κ3) is 3.26. The summed E-state index contributed by atoms with van der Waals surface area (Å²) < 4.78 is 0. The van der Waals surface area contributed by atoms with Crippen LogP contribution in [0.15, 0.2) is 30.5 Å². The third-order valence-corrected chi connectivity index (χ3v) is 6.17. The van der Waals surface area contributed by atoms with Gasteiger partial charge in [0.1, 0.15) is 18.4 Å². The molecule has 2 aliphatic rings. The smallest absolute Gasteiger partial charge is 0.218 e. The Morgan fingerprint density at radius 3 is 2.52 bits per heavy atom. The normalized spacial score (nSPS) is 24.6. The second kappa shape index (κ2) is 8.40. The van der Waals surface area contributed by atoms with E-state index in [1.807, 2.05) is 41.4 Å². The molecule has 3 rings (SSSR count). The summed E-state index contributed by atoms with van der Waals surface area (Å²) in [4.78, 5) is 13.9. The Hall–Kier alpha value is -2.59. The van der Waals surface area contributed by atoms with Gasteiger partial charge in [-0.2, -0.15) is 10.5 Å². The summed E-state index contributed by atoms with van der Waals surface area (Å²) in [6.45, 7) is 2.20. The number of rotatable bonds is 8. The SMILES string of the molecule is CCCCCCCC[C@@H]1[C@@H](C=O)[C@@H]2c3ccccc3C=CN2C1(C#N)C#N. The predicted octanol–water partition coefficient (Wildman–Crippen LogP) is 5.00. The average Bonchev–Trinajstić information content (AvgIpc) is 3.00. The van der Waals surface area contributed by atoms with Crippen LogP contribution >= 0.6 is 0 Å². The number of nitrogens with zero attached hydrogens (tertiary/aromatic N) is 3. The fraction of sp³-hybridized carbons (Fsp3) is 0.522. The maximum absolute atomic E-state index is 12.1. The minimum atomic E-state index is -1.27. The number of aldehydes is 1. The van der Waals surface area contributed by atoms with Crippen molar-refractivity contribution in [2.24, 2.45) is 11.8 Å². The highest BCUT2D eigenvalue weighted by Gasteiger charge is 2.60. The summed E-state index contributed by atoms with van der Waals surface area (Å²) >= 11 is 0. The Labute approximate surface area is 162 Å². The molecule has 1 fully saturated rings. The first kappa shape index (κ1) is 19.2. The minimum absolute atomic E-state index is 0.229. The highest BCUT2D eigenvalue weighted by atomic mass is 16.1. The first-order valence-electron chi connectivity index (χ1n) is 10.1. The van der Waals surface area contributed by atoms with Gasteiger partial charge in [0.25, 0.3) is 0 Å². The lowest BCUT2D eigenvalue weighted by atomic mass is 9.76.